The van der Waals surface area contributed by atoms with Crippen molar-refractivity contribution < 1.29 is 23.5 Å². The Morgan fingerprint density at radius 3 is 2.38 bits per heavy atom. The molecule has 2 rings (SSSR count). The van der Waals surface area contributed by atoms with Gasteiger partial charge in [0, 0.05) is 13.0 Å². The van der Waals surface area contributed by atoms with Crippen LogP contribution in [-0.2, 0) is 23.5 Å². The summed E-state index contributed by atoms with van der Waals surface area (Å²) in [5, 5.41) is 0.0401. The molecule has 212 valence electrons. The maximum atomic E-state index is 12.6. The van der Waals surface area contributed by atoms with Gasteiger partial charge in [0.2, 0.25) is 0 Å². The van der Waals surface area contributed by atoms with E-state index in [0.29, 0.717) is 16.7 Å². The number of ether oxygens (including phenoxy) is 2. The van der Waals surface area contributed by atoms with Crippen LogP contribution in [0.4, 0.5) is 0 Å². The summed E-state index contributed by atoms with van der Waals surface area (Å²) >= 11 is 0. The number of carbonyl (C=O) groups excluding carboxylic acids is 2. The number of rotatable bonds is 10. The van der Waals surface area contributed by atoms with E-state index in [2.05, 4.69) is 61.2 Å². The van der Waals surface area contributed by atoms with Crippen LogP contribution < -0.4 is 0 Å². The molecule has 0 aromatic carbocycles. The Morgan fingerprint density at radius 2 is 1.78 bits per heavy atom. The number of fused-ring (bicyclic) bond motifs is 1. The molecule has 6 heteroatoms. The zero-order chi connectivity index (χ0) is 28.2. The predicted octanol–water partition coefficient (Wildman–Crippen LogP) is 8.01. The predicted molar refractivity (Wildman–Crippen MR) is 154 cm³/mol. The van der Waals surface area contributed by atoms with Crippen molar-refractivity contribution in [2.24, 2.45) is 22.7 Å². The summed E-state index contributed by atoms with van der Waals surface area (Å²) in [5.74, 6) is 0.417. The van der Waals surface area contributed by atoms with Gasteiger partial charge in [-0.2, -0.15) is 0 Å². The first kappa shape index (κ1) is 31.8. The highest BCUT2D eigenvalue weighted by Crippen LogP contribution is 2.61. The van der Waals surface area contributed by atoms with Gasteiger partial charge in [-0.25, -0.2) is 4.79 Å². The van der Waals surface area contributed by atoms with Crippen LogP contribution in [0.15, 0.2) is 23.8 Å². The molecule has 1 unspecified atom stereocenters. The second-order valence-corrected chi connectivity index (χ2v) is 18.9. The van der Waals surface area contributed by atoms with Crippen LogP contribution in [0.5, 0.6) is 0 Å². The molecule has 0 amide bonds. The van der Waals surface area contributed by atoms with E-state index < -0.39 is 26.4 Å². The molecule has 0 aromatic heterocycles. The van der Waals surface area contributed by atoms with Crippen LogP contribution >= 0.6 is 0 Å². The maximum absolute atomic E-state index is 12.6. The summed E-state index contributed by atoms with van der Waals surface area (Å²) in [7, 11) is -2.01. The monoisotopic (exact) mass is 534 g/mol. The van der Waals surface area contributed by atoms with Gasteiger partial charge >= 0.3 is 11.9 Å². The van der Waals surface area contributed by atoms with Gasteiger partial charge in [-0.1, -0.05) is 65.7 Å². The van der Waals surface area contributed by atoms with Gasteiger partial charge in [0.25, 0.3) is 0 Å². The molecule has 2 aliphatic rings. The molecule has 0 N–H and O–H groups in total. The highest BCUT2D eigenvalue weighted by molar-refractivity contribution is 6.74. The molecule has 0 radical (unpaired) electrons. The molecule has 0 heterocycles. The van der Waals surface area contributed by atoms with Crippen LogP contribution in [0.2, 0.25) is 18.1 Å². The Bertz CT molecular complexity index is 865. The summed E-state index contributed by atoms with van der Waals surface area (Å²) in [4.78, 5) is 24.2. The molecule has 2 aliphatic carbocycles. The Labute approximate surface area is 227 Å². The van der Waals surface area contributed by atoms with Crippen LogP contribution in [0.3, 0.4) is 0 Å². The van der Waals surface area contributed by atoms with Crippen molar-refractivity contribution >= 4 is 20.3 Å². The second kappa shape index (κ2) is 12.2. The van der Waals surface area contributed by atoms with Crippen molar-refractivity contribution in [1.29, 1.82) is 0 Å². The molecule has 0 spiro atoms. The summed E-state index contributed by atoms with van der Waals surface area (Å²) in [6.45, 7) is 26.2. The molecule has 4 atom stereocenters. The molecule has 2 fully saturated rings. The van der Waals surface area contributed by atoms with Crippen molar-refractivity contribution in [2.75, 3.05) is 13.2 Å². The fourth-order valence-corrected chi connectivity index (χ4v) is 7.57. The smallest absolute Gasteiger partial charge is 0.330 e. The van der Waals surface area contributed by atoms with Crippen molar-refractivity contribution in [2.45, 2.75) is 125 Å². The molecule has 5 nitrogen and oxygen atoms in total. The summed E-state index contributed by atoms with van der Waals surface area (Å²) in [5.41, 5.74) is 3.07. The van der Waals surface area contributed by atoms with E-state index in [1.54, 1.807) is 6.08 Å². The third-order valence-corrected chi connectivity index (χ3v) is 14.2. The third-order valence-electron chi connectivity index (χ3n) is 9.69. The van der Waals surface area contributed by atoms with Crippen LogP contribution in [0.25, 0.3) is 0 Å². The largest absolute Gasteiger partial charge is 0.458 e. The fraction of sp³-hybridized carbons (Fsp3) is 0.806. The molecule has 37 heavy (non-hydrogen) atoms. The minimum absolute atomic E-state index is 0.00885. The lowest BCUT2D eigenvalue weighted by Crippen LogP contribution is -2.49. The number of esters is 2. The van der Waals surface area contributed by atoms with E-state index in [1.807, 2.05) is 6.92 Å². The topological polar surface area (TPSA) is 61.8 Å². The molecular formula is C31H54O5Si. The Morgan fingerprint density at radius 1 is 1.14 bits per heavy atom. The Kier molecular flexibility index (Phi) is 10.5. The molecule has 0 aromatic rings. The van der Waals surface area contributed by atoms with Gasteiger partial charge in [-0.15, -0.1) is 0 Å². The van der Waals surface area contributed by atoms with Crippen molar-refractivity contribution in [1.82, 2.24) is 0 Å². The van der Waals surface area contributed by atoms with Gasteiger partial charge in [0.05, 0.1) is 6.61 Å². The van der Waals surface area contributed by atoms with Gasteiger partial charge in [0.1, 0.15) is 6.61 Å². The summed E-state index contributed by atoms with van der Waals surface area (Å²) in [6, 6.07) is 0. The van der Waals surface area contributed by atoms with E-state index >= 15 is 0 Å². The quantitative estimate of drug-likeness (QED) is 0.123. The molecule has 0 bridgehead atoms. The maximum Gasteiger partial charge on any atom is 0.330 e. The third kappa shape index (κ3) is 8.29. The molecule has 0 aliphatic heterocycles. The van der Waals surface area contributed by atoms with E-state index in [1.165, 1.54) is 38.2 Å². The Hall–Kier alpha value is -1.40. The fourth-order valence-electron chi connectivity index (χ4n) is 6.54. The summed E-state index contributed by atoms with van der Waals surface area (Å²) in [6.07, 6.45) is 9.09. The average molecular weight is 535 g/mol. The SMILES string of the molecule is C=C1CCC2C(C)(C)CCC[C@@]2(C)[C@@H]1CC/C(C)=C/C(=O)OC[C@H](CO[Si](C)(C)C(C)(C)C)OC(C)=O. The highest BCUT2D eigenvalue weighted by Gasteiger charge is 2.52. The first-order valence-corrected chi connectivity index (χ1v) is 17.1. The van der Waals surface area contributed by atoms with Gasteiger partial charge in [0.15, 0.2) is 14.4 Å². The lowest BCUT2D eigenvalue weighted by Gasteiger charge is -2.58. The molecule has 0 saturated heterocycles. The number of carbonyl (C=O) groups is 2. The Balaban J connectivity index is 1.95. The lowest BCUT2D eigenvalue weighted by molar-refractivity contribution is -0.157. The van der Waals surface area contributed by atoms with Crippen LogP contribution in [0.1, 0.15) is 100 Å². The van der Waals surface area contributed by atoms with E-state index in [4.69, 9.17) is 13.9 Å². The summed E-state index contributed by atoms with van der Waals surface area (Å²) < 4.78 is 17.1. The highest BCUT2D eigenvalue weighted by atomic mass is 28.4. The van der Waals surface area contributed by atoms with E-state index in [-0.39, 0.29) is 18.3 Å². The standard InChI is InChI=1S/C31H54O5Si/c1-22(13-15-26-23(2)14-16-27-30(7,8)17-12-18-31(26,27)9)19-28(33)34-20-25(36-24(3)32)21-35-37(10,11)29(4,5)6/h19,25-27H,2,12-18,20-21H2,1,3-11H3/b22-19+/t25-,26-,27?,31+/m1/s1. The first-order valence-electron chi connectivity index (χ1n) is 14.2. The number of allylic oxidation sites excluding steroid dienone is 2. The lowest BCUT2D eigenvalue weighted by atomic mass is 9.47. The van der Waals surface area contributed by atoms with Crippen molar-refractivity contribution in [3.05, 3.63) is 23.8 Å². The zero-order valence-electron chi connectivity index (χ0n) is 25.4. The second-order valence-electron chi connectivity index (χ2n) is 14.1. The van der Waals surface area contributed by atoms with Gasteiger partial charge < -0.3 is 13.9 Å². The molecular weight excluding hydrogens is 480 g/mol. The normalized spacial score (nSPS) is 27.3. The minimum Gasteiger partial charge on any atom is -0.458 e. The van der Waals surface area contributed by atoms with Gasteiger partial charge in [-0.3, -0.25) is 4.79 Å². The number of hydrogen-bond donors (Lipinski definition) is 0. The van der Waals surface area contributed by atoms with Gasteiger partial charge in [-0.05, 0) is 86.2 Å². The van der Waals surface area contributed by atoms with Crippen LogP contribution in [-0.4, -0.2) is 39.6 Å². The van der Waals surface area contributed by atoms with Crippen molar-refractivity contribution in [3.63, 3.8) is 0 Å². The van der Waals surface area contributed by atoms with Crippen molar-refractivity contribution in [3.8, 4) is 0 Å². The number of hydrogen-bond acceptors (Lipinski definition) is 5. The minimum atomic E-state index is -2.01. The zero-order valence-corrected chi connectivity index (χ0v) is 26.4. The van der Waals surface area contributed by atoms with E-state index in [0.717, 1.165) is 30.8 Å². The first-order chi connectivity index (χ1) is 16.9. The van der Waals surface area contributed by atoms with Crippen LogP contribution in [0, 0.1) is 22.7 Å². The molecule has 2 saturated carbocycles. The van der Waals surface area contributed by atoms with E-state index in [9.17, 15) is 9.59 Å². The average Bonchev–Trinajstić information content (AvgIpc) is 2.73.